The molecule has 3 heterocycles. The molecule has 0 unspecified atom stereocenters. The fourth-order valence-electron chi connectivity index (χ4n) is 3.06. The molecule has 3 aromatic rings. The molecule has 0 N–H and O–H groups in total. The average molecular weight is 438 g/mol. The predicted octanol–water partition coefficient (Wildman–Crippen LogP) is 4.40. The Bertz CT molecular complexity index is 1250. The third-order valence-electron chi connectivity index (χ3n) is 4.58. The summed E-state index contributed by atoms with van der Waals surface area (Å²) in [6.07, 6.45) is 3.16. The molecule has 0 atom stereocenters. The molecule has 6 nitrogen and oxygen atoms in total. The number of thiocarbonyl (C=S) groups is 1. The van der Waals surface area contributed by atoms with Crippen LogP contribution < -0.4 is 10.3 Å². The molecule has 2 aromatic heterocycles. The second kappa shape index (κ2) is 8.04. The molecule has 152 valence electrons. The van der Waals surface area contributed by atoms with Crippen molar-refractivity contribution >= 4 is 45.9 Å². The number of benzene rings is 1. The van der Waals surface area contributed by atoms with E-state index in [4.69, 9.17) is 17.0 Å². The molecule has 30 heavy (non-hydrogen) atoms. The molecule has 0 spiro atoms. The fraction of sp³-hybridized carbons (Fsp3) is 0.182. The lowest BCUT2D eigenvalue weighted by molar-refractivity contribution is -0.123. The van der Waals surface area contributed by atoms with Crippen molar-refractivity contribution in [2.75, 3.05) is 0 Å². The lowest BCUT2D eigenvalue weighted by Crippen LogP contribution is -2.34. The van der Waals surface area contributed by atoms with Crippen molar-refractivity contribution in [2.45, 2.75) is 26.8 Å². The molecular weight excluding hydrogens is 418 g/mol. The zero-order chi connectivity index (χ0) is 21.4. The van der Waals surface area contributed by atoms with E-state index in [1.165, 1.54) is 22.2 Å². The van der Waals surface area contributed by atoms with Gasteiger partial charge in [0.05, 0.1) is 4.91 Å². The van der Waals surface area contributed by atoms with Crippen LogP contribution in [-0.2, 0) is 4.79 Å². The van der Waals surface area contributed by atoms with Crippen molar-refractivity contribution in [3.8, 4) is 11.6 Å². The number of aromatic nitrogens is 2. The van der Waals surface area contributed by atoms with Crippen molar-refractivity contribution in [3.63, 3.8) is 0 Å². The predicted molar refractivity (Wildman–Crippen MR) is 123 cm³/mol. The van der Waals surface area contributed by atoms with Crippen LogP contribution in [0.15, 0.2) is 58.4 Å². The average Bonchev–Trinajstić information content (AvgIpc) is 3.00. The van der Waals surface area contributed by atoms with Crippen molar-refractivity contribution in [3.05, 3.63) is 75.0 Å². The van der Waals surface area contributed by atoms with E-state index in [0.717, 1.165) is 5.56 Å². The summed E-state index contributed by atoms with van der Waals surface area (Å²) < 4.78 is 7.86. The van der Waals surface area contributed by atoms with Gasteiger partial charge in [0.25, 0.3) is 11.5 Å². The Balaban J connectivity index is 1.86. The van der Waals surface area contributed by atoms with Crippen molar-refractivity contribution < 1.29 is 9.53 Å². The Morgan fingerprint density at radius 1 is 1.13 bits per heavy atom. The molecule has 1 aliphatic heterocycles. The summed E-state index contributed by atoms with van der Waals surface area (Å²) in [6.45, 7) is 5.77. The van der Waals surface area contributed by atoms with Gasteiger partial charge < -0.3 is 4.74 Å². The Hall–Kier alpha value is -2.97. The number of fused-ring (bicyclic) bond motifs is 1. The summed E-state index contributed by atoms with van der Waals surface area (Å²) in [5.74, 6) is 0.473. The maximum atomic E-state index is 13.2. The van der Waals surface area contributed by atoms with Crippen LogP contribution >= 0.6 is 24.0 Å². The first kappa shape index (κ1) is 20.3. The van der Waals surface area contributed by atoms with E-state index in [1.54, 1.807) is 29.3 Å². The molecule has 0 radical (unpaired) electrons. The smallest absolute Gasteiger partial charge is 0.269 e. The first-order valence-electron chi connectivity index (χ1n) is 9.38. The van der Waals surface area contributed by atoms with Crippen molar-refractivity contribution in [1.29, 1.82) is 0 Å². The Morgan fingerprint density at radius 2 is 1.87 bits per heavy atom. The van der Waals surface area contributed by atoms with Gasteiger partial charge in [-0.1, -0.05) is 47.7 Å². The number of hydrogen-bond donors (Lipinski definition) is 0. The number of carbonyl (C=O) groups is 1. The summed E-state index contributed by atoms with van der Waals surface area (Å²) in [5.41, 5.74) is 1.42. The zero-order valence-corrected chi connectivity index (χ0v) is 18.3. The summed E-state index contributed by atoms with van der Waals surface area (Å²) in [5, 5.41) is 0. The van der Waals surface area contributed by atoms with Gasteiger partial charge in [0.2, 0.25) is 5.88 Å². The van der Waals surface area contributed by atoms with Crippen molar-refractivity contribution in [2.24, 2.45) is 0 Å². The molecule has 0 saturated carbocycles. The van der Waals surface area contributed by atoms with Gasteiger partial charge >= 0.3 is 0 Å². The highest BCUT2D eigenvalue weighted by Crippen LogP contribution is 2.35. The lowest BCUT2D eigenvalue weighted by Gasteiger charge is -2.18. The van der Waals surface area contributed by atoms with E-state index in [0.29, 0.717) is 20.6 Å². The van der Waals surface area contributed by atoms with Gasteiger partial charge in [-0.3, -0.25) is 18.9 Å². The minimum absolute atomic E-state index is 0.0671. The van der Waals surface area contributed by atoms with Crippen LogP contribution in [0.25, 0.3) is 11.7 Å². The SMILES string of the molecule is Cc1ccc(Oc2nc3ccccn3c(=O)c2C=C2SC(=S)N(C(C)C)C2=O)cc1. The third kappa shape index (κ3) is 3.76. The van der Waals surface area contributed by atoms with Gasteiger partial charge in [0.15, 0.2) is 0 Å². The van der Waals surface area contributed by atoms with Gasteiger partial charge in [-0.25, -0.2) is 0 Å². The topological polar surface area (TPSA) is 63.9 Å². The van der Waals surface area contributed by atoms with E-state index >= 15 is 0 Å². The number of rotatable bonds is 4. The van der Waals surface area contributed by atoms with Gasteiger partial charge in [-0.15, -0.1) is 0 Å². The van der Waals surface area contributed by atoms with E-state index in [2.05, 4.69) is 4.98 Å². The third-order valence-corrected chi connectivity index (χ3v) is 5.92. The highest BCUT2D eigenvalue weighted by atomic mass is 32.2. The van der Waals surface area contributed by atoms with Gasteiger partial charge in [-0.05, 0) is 51.1 Å². The fourth-order valence-corrected chi connectivity index (χ4v) is 4.56. The van der Waals surface area contributed by atoms with Gasteiger partial charge in [0.1, 0.15) is 21.3 Å². The zero-order valence-electron chi connectivity index (χ0n) is 16.7. The van der Waals surface area contributed by atoms with Crippen LogP contribution in [0.2, 0.25) is 0 Å². The van der Waals surface area contributed by atoms with Crippen LogP contribution in [-0.4, -0.2) is 30.6 Å². The number of hydrogen-bond acceptors (Lipinski definition) is 6. The van der Waals surface area contributed by atoms with E-state index in [9.17, 15) is 9.59 Å². The Morgan fingerprint density at radius 3 is 2.53 bits per heavy atom. The molecule has 0 bridgehead atoms. The van der Waals surface area contributed by atoms with E-state index in [-0.39, 0.29) is 29.0 Å². The van der Waals surface area contributed by atoms with Crippen LogP contribution in [0.1, 0.15) is 25.0 Å². The maximum absolute atomic E-state index is 13.2. The molecule has 8 heteroatoms. The van der Waals surface area contributed by atoms with Gasteiger partial charge in [0, 0.05) is 12.2 Å². The maximum Gasteiger partial charge on any atom is 0.269 e. The van der Waals surface area contributed by atoms with E-state index in [1.807, 2.05) is 45.0 Å². The number of aryl methyl sites for hydroxylation is 1. The van der Waals surface area contributed by atoms with Crippen LogP contribution in [0.4, 0.5) is 0 Å². The van der Waals surface area contributed by atoms with E-state index < -0.39 is 0 Å². The van der Waals surface area contributed by atoms with Crippen molar-refractivity contribution in [1.82, 2.24) is 14.3 Å². The van der Waals surface area contributed by atoms with Crippen LogP contribution in [0.5, 0.6) is 11.6 Å². The number of nitrogens with zero attached hydrogens (tertiary/aromatic N) is 3. The monoisotopic (exact) mass is 437 g/mol. The second-order valence-corrected chi connectivity index (χ2v) is 8.80. The summed E-state index contributed by atoms with van der Waals surface area (Å²) in [4.78, 5) is 32.5. The molecular formula is C22H19N3O3S2. The highest BCUT2D eigenvalue weighted by molar-refractivity contribution is 8.26. The summed E-state index contributed by atoms with van der Waals surface area (Å²) >= 11 is 6.52. The minimum atomic E-state index is -0.322. The second-order valence-electron chi connectivity index (χ2n) is 7.13. The number of amides is 1. The molecule has 1 fully saturated rings. The number of ether oxygens (including phenoxy) is 1. The van der Waals surface area contributed by atoms with Crippen LogP contribution in [0.3, 0.4) is 0 Å². The standard InChI is InChI=1S/C22H19N3O3S2/c1-13(2)25-21(27)17(30-22(25)29)12-16-19(28-15-9-7-14(3)8-10-15)23-18-6-4-5-11-24(18)20(16)26/h4-13H,1-3H3. The lowest BCUT2D eigenvalue weighted by atomic mass is 10.2. The molecule has 0 aliphatic carbocycles. The first-order chi connectivity index (χ1) is 14.3. The Labute approximate surface area is 183 Å². The number of carbonyl (C=O) groups excluding carboxylic acids is 1. The quantitative estimate of drug-likeness (QED) is 0.445. The number of thioether (sulfide) groups is 1. The highest BCUT2D eigenvalue weighted by Gasteiger charge is 2.34. The largest absolute Gasteiger partial charge is 0.438 e. The van der Waals surface area contributed by atoms with Crippen LogP contribution in [0, 0.1) is 6.92 Å². The Kier molecular flexibility index (Phi) is 5.44. The molecule has 1 saturated heterocycles. The molecule has 1 amide bonds. The normalized spacial score (nSPS) is 15.6. The molecule has 4 rings (SSSR count). The molecule has 1 aliphatic rings. The number of pyridine rings is 1. The summed E-state index contributed by atoms with van der Waals surface area (Å²) in [6, 6.07) is 12.7. The first-order valence-corrected chi connectivity index (χ1v) is 10.6. The summed E-state index contributed by atoms with van der Waals surface area (Å²) in [7, 11) is 0. The minimum Gasteiger partial charge on any atom is -0.438 e. The van der Waals surface area contributed by atoms with Gasteiger partial charge in [-0.2, -0.15) is 4.98 Å². The molecule has 1 aromatic carbocycles.